The molecule has 110 valence electrons. The van der Waals surface area contributed by atoms with Crippen molar-refractivity contribution in [2.45, 2.75) is 11.8 Å². The Kier molecular flexibility index (Phi) is 5.76. The first-order valence-electron chi connectivity index (χ1n) is 6.31. The summed E-state index contributed by atoms with van der Waals surface area (Å²) in [5, 5.41) is 11.7. The van der Waals surface area contributed by atoms with Gasteiger partial charge < -0.3 is 4.74 Å². The molecule has 21 heavy (non-hydrogen) atoms. The Morgan fingerprint density at radius 3 is 2.62 bits per heavy atom. The van der Waals surface area contributed by atoms with E-state index in [4.69, 9.17) is 4.74 Å². The number of halogens is 2. The molecular formula is C15H13Br2NO3. The topological polar surface area (TPSA) is 52.4 Å². The zero-order valence-electron chi connectivity index (χ0n) is 11.1. The molecule has 2 rings (SSSR count). The zero-order valence-corrected chi connectivity index (χ0v) is 14.3. The fourth-order valence-corrected chi connectivity index (χ4v) is 3.15. The number of benzene rings is 2. The highest BCUT2D eigenvalue weighted by Crippen LogP contribution is 2.25. The fourth-order valence-electron chi connectivity index (χ4n) is 1.92. The number of nitro groups is 1. The number of para-hydroxylation sites is 1. The maximum atomic E-state index is 10.9. The van der Waals surface area contributed by atoms with Gasteiger partial charge in [-0.2, -0.15) is 0 Å². The first kappa shape index (κ1) is 16.0. The highest BCUT2D eigenvalue weighted by molar-refractivity contribution is 9.10. The molecule has 0 fully saturated rings. The first-order chi connectivity index (χ1) is 10.1. The highest BCUT2D eigenvalue weighted by Gasteiger charge is 2.12. The van der Waals surface area contributed by atoms with Gasteiger partial charge in [0.1, 0.15) is 5.75 Å². The van der Waals surface area contributed by atoms with Gasteiger partial charge in [0.05, 0.1) is 11.5 Å². The molecule has 0 radical (unpaired) electrons. The van der Waals surface area contributed by atoms with Crippen LogP contribution in [0.5, 0.6) is 5.75 Å². The minimum absolute atomic E-state index is 0.137. The molecule has 6 heteroatoms. The molecular weight excluding hydrogens is 402 g/mol. The summed E-state index contributed by atoms with van der Waals surface area (Å²) in [6, 6.07) is 12.5. The van der Waals surface area contributed by atoms with Crippen LogP contribution < -0.4 is 4.74 Å². The predicted molar refractivity (Wildman–Crippen MR) is 89.1 cm³/mol. The third-order valence-corrected chi connectivity index (χ3v) is 4.37. The average molecular weight is 415 g/mol. The SMILES string of the molecule is O=[N+]([O-])c1ccccc1CCOc1ccc(Br)c(CBr)c1. The summed E-state index contributed by atoms with van der Waals surface area (Å²) in [7, 11) is 0. The van der Waals surface area contributed by atoms with Gasteiger partial charge in [-0.3, -0.25) is 10.1 Å². The molecule has 0 bridgehead atoms. The molecule has 2 aromatic carbocycles. The van der Waals surface area contributed by atoms with Crippen molar-refractivity contribution in [1.29, 1.82) is 0 Å². The van der Waals surface area contributed by atoms with Gasteiger partial charge in [0.15, 0.2) is 0 Å². The van der Waals surface area contributed by atoms with Gasteiger partial charge in [-0.05, 0) is 23.8 Å². The first-order valence-corrected chi connectivity index (χ1v) is 8.22. The van der Waals surface area contributed by atoms with Crippen LogP contribution in [-0.4, -0.2) is 11.5 Å². The third-order valence-electron chi connectivity index (χ3n) is 2.99. The smallest absolute Gasteiger partial charge is 0.272 e. The predicted octanol–water partition coefficient (Wildman–Crippen LogP) is 4.87. The number of nitrogens with zero attached hydrogens (tertiary/aromatic N) is 1. The van der Waals surface area contributed by atoms with Crippen LogP contribution in [0.15, 0.2) is 46.9 Å². The van der Waals surface area contributed by atoms with Gasteiger partial charge in [-0.1, -0.05) is 50.1 Å². The lowest BCUT2D eigenvalue weighted by Gasteiger charge is -2.09. The van der Waals surface area contributed by atoms with E-state index in [0.717, 1.165) is 21.1 Å². The number of nitro benzene ring substituents is 1. The second kappa shape index (κ2) is 7.56. The van der Waals surface area contributed by atoms with Crippen molar-refractivity contribution >= 4 is 37.5 Å². The van der Waals surface area contributed by atoms with Crippen LogP contribution in [0.1, 0.15) is 11.1 Å². The fraction of sp³-hybridized carbons (Fsp3) is 0.200. The van der Waals surface area contributed by atoms with Crippen LogP contribution in [-0.2, 0) is 11.8 Å². The van der Waals surface area contributed by atoms with E-state index >= 15 is 0 Å². The van der Waals surface area contributed by atoms with Crippen LogP contribution in [0, 0.1) is 10.1 Å². The minimum Gasteiger partial charge on any atom is -0.493 e. The van der Waals surface area contributed by atoms with E-state index in [0.29, 0.717) is 18.6 Å². The second-order valence-electron chi connectivity index (χ2n) is 4.37. The van der Waals surface area contributed by atoms with Crippen molar-refractivity contribution in [2.75, 3.05) is 6.61 Å². The van der Waals surface area contributed by atoms with E-state index in [9.17, 15) is 10.1 Å². The van der Waals surface area contributed by atoms with Gasteiger partial charge in [-0.25, -0.2) is 0 Å². The van der Waals surface area contributed by atoms with Crippen molar-refractivity contribution in [1.82, 2.24) is 0 Å². The molecule has 2 aromatic rings. The molecule has 0 aliphatic rings. The number of ether oxygens (including phenoxy) is 1. The minimum atomic E-state index is -0.363. The van der Waals surface area contributed by atoms with Gasteiger partial charge in [-0.15, -0.1) is 0 Å². The number of hydrogen-bond acceptors (Lipinski definition) is 3. The lowest BCUT2D eigenvalue weighted by Crippen LogP contribution is -2.04. The second-order valence-corrected chi connectivity index (χ2v) is 5.79. The Hall–Kier alpha value is -1.40. The zero-order chi connectivity index (χ0) is 15.2. The van der Waals surface area contributed by atoms with Crippen molar-refractivity contribution in [2.24, 2.45) is 0 Å². The van der Waals surface area contributed by atoms with Crippen LogP contribution in [0.25, 0.3) is 0 Å². The maximum absolute atomic E-state index is 10.9. The molecule has 0 heterocycles. The Morgan fingerprint density at radius 2 is 1.90 bits per heavy atom. The standard InChI is InChI=1S/C15H13Br2NO3/c16-10-12-9-13(5-6-14(12)17)21-8-7-11-3-1-2-4-15(11)18(19)20/h1-6,9H,7-8,10H2. The largest absolute Gasteiger partial charge is 0.493 e. The third kappa shape index (κ3) is 4.28. The van der Waals surface area contributed by atoms with Crippen LogP contribution in [0.4, 0.5) is 5.69 Å². The molecule has 0 atom stereocenters. The van der Waals surface area contributed by atoms with Crippen LogP contribution in [0.3, 0.4) is 0 Å². The van der Waals surface area contributed by atoms with E-state index in [1.807, 2.05) is 18.2 Å². The van der Waals surface area contributed by atoms with Gasteiger partial charge in [0, 0.05) is 27.9 Å². The Balaban J connectivity index is 2.00. The van der Waals surface area contributed by atoms with E-state index < -0.39 is 0 Å². The van der Waals surface area contributed by atoms with Crippen molar-refractivity contribution in [3.8, 4) is 5.75 Å². The van der Waals surface area contributed by atoms with E-state index in [1.165, 1.54) is 6.07 Å². The Morgan fingerprint density at radius 1 is 1.14 bits per heavy atom. The summed E-state index contributed by atoms with van der Waals surface area (Å²) < 4.78 is 6.70. The van der Waals surface area contributed by atoms with Crippen LogP contribution >= 0.6 is 31.9 Å². The quantitative estimate of drug-likeness (QED) is 0.384. The number of alkyl halides is 1. The lowest BCUT2D eigenvalue weighted by molar-refractivity contribution is -0.385. The molecule has 0 spiro atoms. The lowest BCUT2D eigenvalue weighted by atomic mass is 10.1. The van der Waals surface area contributed by atoms with Gasteiger partial charge >= 0.3 is 0 Å². The summed E-state index contributed by atoms with van der Waals surface area (Å²) in [5.41, 5.74) is 1.91. The Labute approximate surface area is 139 Å². The molecule has 0 saturated carbocycles. The van der Waals surface area contributed by atoms with Crippen molar-refractivity contribution < 1.29 is 9.66 Å². The van der Waals surface area contributed by atoms with E-state index in [2.05, 4.69) is 31.9 Å². The molecule has 0 aromatic heterocycles. The summed E-state index contributed by atoms with van der Waals surface area (Å²) in [6.45, 7) is 0.397. The van der Waals surface area contributed by atoms with Crippen molar-refractivity contribution in [3.63, 3.8) is 0 Å². The monoisotopic (exact) mass is 413 g/mol. The molecule has 0 amide bonds. The van der Waals surface area contributed by atoms with E-state index in [-0.39, 0.29) is 10.6 Å². The van der Waals surface area contributed by atoms with Gasteiger partial charge in [0.25, 0.3) is 5.69 Å². The summed E-state index contributed by atoms with van der Waals surface area (Å²) in [4.78, 5) is 10.6. The summed E-state index contributed by atoms with van der Waals surface area (Å²) >= 11 is 6.87. The number of hydrogen-bond donors (Lipinski definition) is 0. The number of rotatable bonds is 6. The molecule has 0 aliphatic heterocycles. The maximum Gasteiger partial charge on any atom is 0.272 e. The summed E-state index contributed by atoms with van der Waals surface area (Å²) in [5.74, 6) is 0.756. The Bertz CT molecular complexity index is 647. The van der Waals surface area contributed by atoms with E-state index in [1.54, 1.807) is 18.2 Å². The molecule has 0 N–H and O–H groups in total. The van der Waals surface area contributed by atoms with Gasteiger partial charge in [0.2, 0.25) is 0 Å². The summed E-state index contributed by atoms with van der Waals surface area (Å²) in [6.07, 6.45) is 0.497. The highest BCUT2D eigenvalue weighted by atomic mass is 79.9. The molecule has 0 unspecified atom stereocenters. The van der Waals surface area contributed by atoms with Crippen molar-refractivity contribution in [3.05, 3.63) is 68.2 Å². The normalized spacial score (nSPS) is 10.4. The molecule has 4 nitrogen and oxygen atoms in total. The molecule has 0 aliphatic carbocycles. The van der Waals surface area contributed by atoms with Crippen LogP contribution in [0.2, 0.25) is 0 Å². The molecule has 0 saturated heterocycles. The average Bonchev–Trinajstić information content (AvgIpc) is 2.49.